The highest BCUT2D eigenvalue weighted by atomic mass is 16.2. The Balaban J connectivity index is 1.36. The highest BCUT2D eigenvalue weighted by Gasteiger charge is 2.29. The molecule has 0 saturated carbocycles. The van der Waals surface area contributed by atoms with E-state index >= 15 is 0 Å². The summed E-state index contributed by atoms with van der Waals surface area (Å²) in [7, 11) is 0. The van der Waals surface area contributed by atoms with Crippen LogP contribution in [0.4, 0.5) is 22.0 Å². The topological polar surface area (TPSA) is 99.6 Å². The minimum Gasteiger partial charge on any atom is -0.343 e. The van der Waals surface area contributed by atoms with Crippen molar-refractivity contribution in [1.82, 2.24) is 19.6 Å². The lowest BCUT2D eigenvalue weighted by Gasteiger charge is -2.33. The van der Waals surface area contributed by atoms with E-state index in [0.717, 1.165) is 16.8 Å². The monoisotopic (exact) mass is 516 g/mol. The van der Waals surface area contributed by atoms with Crippen molar-refractivity contribution in [2.75, 3.05) is 36.8 Å². The normalized spacial score (nSPS) is 13.7. The maximum absolute atomic E-state index is 12.9. The second-order valence-corrected chi connectivity index (χ2v) is 9.61. The van der Waals surface area contributed by atoms with Gasteiger partial charge in [-0.25, -0.2) is 9.48 Å². The number of aromatic nitrogens is 2. The van der Waals surface area contributed by atoms with Crippen molar-refractivity contribution in [2.24, 2.45) is 5.92 Å². The van der Waals surface area contributed by atoms with Gasteiger partial charge in [-0.05, 0) is 69.5 Å². The summed E-state index contributed by atoms with van der Waals surface area (Å²) in [5.74, 6) is 0.731. The molecule has 9 heteroatoms. The van der Waals surface area contributed by atoms with E-state index < -0.39 is 0 Å². The maximum Gasteiger partial charge on any atom is 0.321 e. The lowest BCUT2D eigenvalue weighted by atomic mass is 9.95. The van der Waals surface area contributed by atoms with Crippen molar-refractivity contribution < 1.29 is 9.59 Å². The van der Waals surface area contributed by atoms with Gasteiger partial charge >= 0.3 is 6.03 Å². The SMILES string of the molecule is CCN(CC)C(=O)C1CCN(C(=O)Nc2cccc(Cn3nc(Nc4ccc(C)cc4)ccc3=O)c2)CC1. The number of benzene rings is 2. The third-order valence-corrected chi connectivity index (χ3v) is 6.91. The fraction of sp³-hybridized carbons (Fsp3) is 0.379. The molecule has 2 N–H and O–H groups in total. The molecule has 2 aromatic carbocycles. The van der Waals surface area contributed by atoms with E-state index in [0.29, 0.717) is 50.5 Å². The third kappa shape index (κ3) is 6.79. The van der Waals surface area contributed by atoms with Gasteiger partial charge in [0.25, 0.3) is 5.56 Å². The van der Waals surface area contributed by atoms with Crippen LogP contribution in [0, 0.1) is 12.8 Å². The first-order valence-corrected chi connectivity index (χ1v) is 13.2. The van der Waals surface area contributed by atoms with Crippen LogP contribution in [0.2, 0.25) is 0 Å². The van der Waals surface area contributed by atoms with Gasteiger partial charge in [0.1, 0.15) is 0 Å². The van der Waals surface area contributed by atoms with Gasteiger partial charge in [-0.15, -0.1) is 0 Å². The molecule has 9 nitrogen and oxygen atoms in total. The molecule has 3 amide bonds. The van der Waals surface area contributed by atoms with Crippen molar-refractivity contribution in [3.8, 4) is 0 Å². The molecule has 1 aromatic heterocycles. The molecule has 3 aromatic rings. The van der Waals surface area contributed by atoms with Crippen molar-refractivity contribution in [2.45, 2.75) is 40.2 Å². The number of aryl methyl sites for hydroxylation is 1. The fourth-order valence-electron chi connectivity index (χ4n) is 4.66. The zero-order valence-corrected chi connectivity index (χ0v) is 22.3. The summed E-state index contributed by atoms with van der Waals surface area (Å²) < 4.78 is 1.40. The summed E-state index contributed by atoms with van der Waals surface area (Å²) in [5, 5.41) is 10.6. The minimum atomic E-state index is -0.212. The van der Waals surface area contributed by atoms with E-state index in [-0.39, 0.29) is 30.0 Å². The van der Waals surface area contributed by atoms with E-state index in [2.05, 4.69) is 15.7 Å². The van der Waals surface area contributed by atoms with Gasteiger partial charge in [0, 0.05) is 49.5 Å². The average molecular weight is 517 g/mol. The molecule has 4 rings (SSSR count). The number of amides is 3. The molecule has 0 aliphatic carbocycles. The Kier molecular flexibility index (Phi) is 8.78. The second-order valence-electron chi connectivity index (χ2n) is 9.61. The number of hydrogen-bond donors (Lipinski definition) is 2. The van der Waals surface area contributed by atoms with Crippen molar-refractivity contribution in [1.29, 1.82) is 0 Å². The van der Waals surface area contributed by atoms with Crippen LogP contribution in [0.5, 0.6) is 0 Å². The minimum absolute atomic E-state index is 0.0237. The number of nitrogens with zero attached hydrogens (tertiary/aromatic N) is 4. The number of anilines is 3. The molecule has 1 aliphatic rings. The Morgan fingerprint density at radius 3 is 2.37 bits per heavy atom. The number of carbonyl (C=O) groups is 2. The molecule has 0 bridgehead atoms. The van der Waals surface area contributed by atoms with Crippen LogP contribution in [0.25, 0.3) is 0 Å². The summed E-state index contributed by atoms with van der Waals surface area (Å²) in [4.78, 5) is 41.6. The fourth-order valence-corrected chi connectivity index (χ4v) is 4.66. The number of piperidine rings is 1. The molecule has 38 heavy (non-hydrogen) atoms. The highest BCUT2D eigenvalue weighted by molar-refractivity contribution is 5.89. The Morgan fingerprint density at radius 1 is 0.974 bits per heavy atom. The number of carbonyl (C=O) groups excluding carboxylic acids is 2. The van der Waals surface area contributed by atoms with Gasteiger partial charge in [-0.2, -0.15) is 5.10 Å². The van der Waals surface area contributed by atoms with E-state index in [1.165, 1.54) is 10.7 Å². The van der Waals surface area contributed by atoms with Crippen LogP contribution >= 0.6 is 0 Å². The standard InChI is InChI=1S/C29H36N6O3/c1-4-33(5-2)28(37)23-15-17-34(18-16-23)29(38)31-25-8-6-7-22(19-25)20-35-27(36)14-13-26(32-35)30-24-11-9-21(3)10-12-24/h6-14,19,23H,4-5,15-18,20H2,1-3H3,(H,30,32)(H,31,38). The summed E-state index contributed by atoms with van der Waals surface area (Å²) in [6.45, 7) is 8.78. The number of nitrogens with one attached hydrogen (secondary N) is 2. The lowest BCUT2D eigenvalue weighted by Crippen LogP contribution is -2.45. The Bertz CT molecular complexity index is 1310. The molecule has 0 spiro atoms. The summed E-state index contributed by atoms with van der Waals surface area (Å²) in [6, 6.07) is 18.3. The van der Waals surface area contributed by atoms with E-state index in [4.69, 9.17) is 0 Å². The maximum atomic E-state index is 12.9. The van der Waals surface area contributed by atoms with E-state index in [1.807, 2.05) is 74.2 Å². The molecule has 200 valence electrons. The molecule has 0 radical (unpaired) electrons. The quantitative estimate of drug-likeness (QED) is 0.461. The molecule has 0 atom stereocenters. The zero-order chi connectivity index (χ0) is 27.1. The number of rotatable bonds is 8. The van der Waals surface area contributed by atoms with Gasteiger partial charge < -0.3 is 20.4 Å². The summed E-state index contributed by atoms with van der Waals surface area (Å²) in [5.41, 5.74) is 3.33. The van der Waals surface area contributed by atoms with Crippen molar-refractivity contribution in [3.63, 3.8) is 0 Å². The van der Waals surface area contributed by atoms with Crippen LogP contribution in [0.1, 0.15) is 37.8 Å². The molecular formula is C29H36N6O3. The molecule has 0 unspecified atom stereocenters. The molecule has 1 aliphatic heterocycles. The predicted molar refractivity (Wildman–Crippen MR) is 150 cm³/mol. The zero-order valence-electron chi connectivity index (χ0n) is 22.3. The third-order valence-electron chi connectivity index (χ3n) is 6.91. The average Bonchev–Trinajstić information content (AvgIpc) is 2.93. The predicted octanol–water partition coefficient (Wildman–Crippen LogP) is 4.46. The Hall–Kier alpha value is -4.14. The first-order chi connectivity index (χ1) is 18.4. The van der Waals surface area contributed by atoms with Gasteiger partial charge in [0.2, 0.25) is 5.91 Å². The summed E-state index contributed by atoms with van der Waals surface area (Å²) >= 11 is 0. The Morgan fingerprint density at radius 2 is 1.68 bits per heavy atom. The first-order valence-electron chi connectivity index (χ1n) is 13.2. The molecular weight excluding hydrogens is 480 g/mol. The van der Waals surface area contributed by atoms with Crippen LogP contribution in [0.15, 0.2) is 65.5 Å². The van der Waals surface area contributed by atoms with Crippen molar-refractivity contribution in [3.05, 3.63) is 82.1 Å². The molecule has 2 heterocycles. The Labute approximate surface area is 223 Å². The number of hydrogen-bond acceptors (Lipinski definition) is 5. The van der Waals surface area contributed by atoms with Crippen LogP contribution < -0.4 is 16.2 Å². The van der Waals surface area contributed by atoms with E-state index in [1.54, 1.807) is 11.0 Å². The largest absolute Gasteiger partial charge is 0.343 e. The highest BCUT2D eigenvalue weighted by Crippen LogP contribution is 2.21. The van der Waals surface area contributed by atoms with E-state index in [9.17, 15) is 14.4 Å². The van der Waals surface area contributed by atoms with Gasteiger partial charge in [-0.1, -0.05) is 29.8 Å². The van der Waals surface area contributed by atoms with Gasteiger partial charge in [0.15, 0.2) is 5.82 Å². The van der Waals surface area contributed by atoms with Crippen molar-refractivity contribution >= 4 is 29.1 Å². The molecule has 1 fully saturated rings. The smallest absolute Gasteiger partial charge is 0.321 e. The van der Waals surface area contributed by atoms with Gasteiger partial charge in [0.05, 0.1) is 6.54 Å². The van der Waals surface area contributed by atoms with Crippen LogP contribution in [-0.4, -0.2) is 57.7 Å². The number of likely N-dealkylation sites (tertiary alicyclic amines) is 1. The lowest BCUT2D eigenvalue weighted by molar-refractivity contribution is -0.136. The van der Waals surface area contributed by atoms with Crippen LogP contribution in [-0.2, 0) is 11.3 Å². The second kappa shape index (κ2) is 12.4. The molecule has 1 saturated heterocycles. The first kappa shape index (κ1) is 26.9. The summed E-state index contributed by atoms with van der Waals surface area (Å²) in [6.07, 6.45) is 1.34. The number of urea groups is 1. The van der Waals surface area contributed by atoms with Gasteiger partial charge in [-0.3, -0.25) is 9.59 Å². The van der Waals surface area contributed by atoms with Crippen LogP contribution in [0.3, 0.4) is 0 Å².